The number of hydrogen-bond donors (Lipinski definition) is 0. The molecule has 104 valence electrons. The fourth-order valence-electron chi connectivity index (χ4n) is 2.12. The Morgan fingerprint density at radius 3 is 2.70 bits per heavy atom. The van der Waals surface area contributed by atoms with Crippen molar-refractivity contribution in [3.05, 3.63) is 51.7 Å². The molecule has 1 aromatic heterocycles. The van der Waals surface area contributed by atoms with Gasteiger partial charge in [0.1, 0.15) is 6.07 Å². The monoisotopic (exact) mass is 304 g/mol. The zero-order valence-electron chi connectivity index (χ0n) is 11.6. The van der Waals surface area contributed by atoms with E-state index in [9.17, 15) is 5.26 Å². The SMILES string of the molecule is CC(C)N(Cc1cccs1)c1ccc(CCl)cc1C#N. The Morgan fingerprint density at radius 2 is 2.15 bits per heavy atom. The maximum absolute atomic E-state index is 9.38. The third kappa shape index (κ3) is 3.33. The average Bonchev–Trinajstić information content (AvgIpc) is 2.97. The van der Waals surface area contributed by atoms with E-state index in [1.807, 2.05) is 18.2 Å². The number of anilines is 1. The molecule has 0 spiro atoms. The summed E-state index contributed by atoms with van der Waals surface area (Å²) in [5, 5.41) is 11.5. The summed E-state index contributed by atoms with van der Waals surface area (Å²) in [6.45, 7) is 5.11. The highest BCUT2D eigenvalue weighted by atomic mass is 35.5. The number of hydrogen-bond acceptors (Lipinski definition) is 3. The first-order valence-electron chi connectivity index (χ1n) is 6.53. The lowest BCUT2D eigenvalue weighted by Gasteiger charge is -2.29. The molecule has 4 heteroatoms. The Kier molecular flexibility index (Phi) is 5.05. The quantitative estimate of drug-likeness (QED) is 0.744. The van der Waals surface area contributed by atoms with E-state index < -0.39 is 0 Å². The van der Waals surface area contributed by atoms with Crippen LogP contribution in [0, 0.1) is 11.3 Å². The maximum atomic E-state index is 9.38. The summed E-state index contributed by atoms with van der Waals surface area (Å²) in [5.74, 6) is 0.432. The second-order valence-corrected chi connectivity index (χ2v) is 6.20. The minimum absolute atomic E-state index is 0.325. The number of halogens is 1. The molecule has 20 heavy (non-hydrogen) atoms. The Bertz CT molecular complexity index is 599. The second kappa shape index (κ2) is 6.78. The predicted molar refractivity (Wildman–Crippen MR) is 86.4 cm³/mol. The van der Waals surface area contributed by atoms with Gasteiger partial charge < -0.3 is 4.90 Å². The van der Waals surface area contributed by atoms with Crippen LogP contribution < -0.4 is 4.90 Å². The van der Waals surface area contributed by atoms with Crippen LogP contribution in [0.2, 0.25) is 0 Å². The van der Waals surface area contributed by atoms with Crippen molar-refractivity contribution in [1.82, 2.24) is 0 Å². The van der Waals surface area contributed by atoms with Crippen LogP contribution in [0.4, 0.5) is 5.69 Å². The summed E-state index contributed by atoms with van der Waals surface area (Å²) in [5.41, 5.74) is 2.64. The van der Waals surface area contributed by atoms with Crippen LogP contribution in [-0.2, 0) is 12.4 Å². The van der Waals surface area contributed by atoms with Gasteiger partial charge in [-0.25, -0.2) is 0 Å². The predicted octanol–water partition coefficient (Wildman–Crippen LogP) is 4.77. The van der Waals surface area contributed by atoms with Crippen LogP contribution in [0.5, 0.6) is 0 Å². The van der Waals surface area contributed by atoms with Crippen molar-refractivity contribution in [3.8, 4) is 6.07 Å². The molecule has 0 bridgehead atoms. The minimum atomic E-state index is 0.325. The van der Waals surface area contributed by atoms with Crippen molar-refractivity contribution in [2.75, 3.05) is 4.90 Å². The lowest BCUT2D eigenvalue weighted by Crippen LogP contribution is -2.30. The number of benzene rings is 1. The van der Waals surface area contributed by atoms with Gasteiger partial charge in [-0.2, -0.15) is 5.26 Å². The van der Waals surface area contributed by atoms with E-state index in [-0.39, 0.29) is 0 Å². The molecular formula is C16H17ClN2S. The first-order valence-corrected chi connectivity index (χ1v) is 7.95. The van der Waals surface area contributed by atoms with Crippen molar-refractivity contribution >= 4 is 28.6 Å². The molecule has 0 unspecified atom stereocenters. The number of alkyl halides is 1. The molecule has 0 aliphatic rings. The molecule has 0 aliphatic carbocycles. The highest BCUT2D eigenvalue weighted by Gasteiger charge is 2.16. The third-order valence-corrected chi connectivity index (χ3v) is 4.34. The second-order valence-electron chi connectivity index (χ2n) is 4.90. The van der Waals surface area contributed by atoms with Crippen molar-refractivity contribution in [3.63, 3.8) is 0 Å². The molecule has 0 amide bonds. The van der Waals surface area contributed by atoms with E-state index in [1.165, 1.54) is 4.88 Å². The van der Waals surface area contributed by atoms with Crippen LogP contribution in [0.15, 0.2) is 35.7 Å². The molecule has 1 aromatic carbocycles. The van der Waals surface area contributed by atoms with Gasteiger partial charge in [0.2, 0.25) is 0 Å². The Morgan fingerprint density at radius 1 is 1.35 bits per heavy atom. The van der Waals surface area contributed by atoms with Crippen LogP contribution in [0.1, 0.15) is 29.9 Å². The van der Waals surface area contributed by atoms with Crippen LogP contribution in [0.3, 0.4) is 0 Å². The van der Waals surface area contributed by atoms with Crippen molar-refractivity contribution in [1.29, 1.82) is 5.26 Å². The van der Waals surface area contributed by atoms with E-state index in [0.29, 0.717) is 17.5 Å². The van der Waals surface area contributed by atoms with Crippen molar-refractivity contribution in [2.24, 2.45) is 0 Å². The van der Waals surface area contributed by atoms with Crippen LogP contribution in [0.25, 0.3) is 0 Å². The van der Waals surface area contributed by atoms with Gasteiger partial charge in [-0.3, -0.25) is 0 Å². The zero-order valence-corrected chi connectivity index (χ0v) is 13.2. The number of nitriles is 1. The molecule has 2 rings (SSSR count). The van der Waals surface area contributed by atoms with Gasteiger partial charge in [0.05, 0.1) is 17.8 Å². The van der Waals surface area contributed by atoms with Gasteiger partial charge in [0.15, 0.2) is 0 Å². The fraction of sp³-hybridized carbons (Fsp3) is 0.312. The summed E-state index contributed by atoms with van der Waals surface area (Å²) in [4.78, 5) is 3.55. The average molecular weight is 305 g/mol. The molecule has 0 fully saturated rings. The van der Waals surface area contributed by atoms with E-state index >= 15 is 0 Å². The Hall–Kier alpha value is -1.50. The minimum Gasteiger partial charge on any atom is -0.363 e. The van der Waals surface area contributed by atoms with Gasteiger partial charge in [0, 0.05) is 16.8 Å². The van der Waals surface area contributed by atoms with Gasteiger partial charge >= 0.3 is 0 Å². The normalized spacial score (nSPS) is 10.6. The van der Waals surface area contributed by atoms with E-state index in [4.69, 9.17) is 11.6 Å². The molecule has 0 aliphatic heterocycles. The molecule has 2 nitrogen and oxygen atoms in total. The molecular weight excluding hydrogens is 288 g/mol. The highest BCUT2D eigenvalue weighted by Crippen LogP contribution is 2.27. The zero-order chi connectivity index (χ0) is 14.5. The van der Waals surface area contributed by atoms with Crippen molar-refractivity contribution in [2.45, 2.75) is 32.3 Å². The molecule has 0 atom stereocenters. The topological polar surface area (TPSA) is 27.0 Å². The summed E-state index contributed by atoms with van der Waals surface area (Å²) >= 11 is 7.58. The third-order valence-electron chi connectivity index (χ3n) is 3.17. The van der Waals surface area contributed by atoms with Gasteiger partial charge in [-0.1, -0.05) is 12.1 Å². The number of thiophene rings is 1. The molecule has 0 radical (unpaired) electrons. The lowest BCUT2D eigenvalue weighted by atomic mass is 10.1. The molecule has 0 saturated heterocycles. The molecule has 0 N–H and O–H groups in total. The maximum Gasteiger partial charge on any atom is 0.101 e. The summed E-state index contributed by atoms with van der Waals surface area (Å²) in [6.07, 6.45) is 0. The smallest absolute Gasteiger partial charge is 0.101 e. The first-order chi connectivity index (χ1) is 9.65. The Balaban J connectivity index is 2.37. The molecule has 2 aromatic rings. The summed E-state index contributed by atoms with van der Waals surface area (Å²) in [6, 6.07) is 12.7. The van der Waals surface area contributed by atoms with Gasteiger partial charge in [-0.05, 0) is 43.0 Å². The number of rotatable bonds is 5. The highest BCUT2D eigenvalue weighted by molar-refractivity contribution is 7.09. The first kappa shape index (κ1) is 14.9. The summed E-state index contributed by atoms with van der Waals surface area (Å²) < 4.78 is 0. The van der Waals surface area contributed by atoms with Gasteiger partial charge in [-0.15, -0.1) is 22.9 Å². The molecule has 0 saturated carbocycles. The van der Waals surface area contributed by atoms with Crippen molar-refractivity contribution < 1.29 is 0 Å². The van der Waals surface area contributed by atoms with E-state index in [0.717, 1.165) is 17.8 Å². The lowest BCUT2D eigenvalue weighted by molar-refractivity contribution is 0.686. The van der Waals surface area contributed by atoms with Crippen LogP contribution in [-0.4, -0.2) is 6.04 Å². The Labute approximate surface area is 129 Å². The summed E-state index contributed by atoms with van der Waals surface area (Å²) in [7, 11) is 0. The number of nitrogens with zero attached hydrogens (tertiary/aromatic N) is 2. The van der Waals surface area contributed by atoms with Crippen LogP contribution >= 0.6 is 22.9 Å². The molecule has 1 heterocycles. The standard InChI is InChI=1S/C16H17ClN2S/c1-12(2)19(11-15-4-3-7-20-15)16-6-5-13(9-17)8-14(16)10-18/h3-8,12H,9,11H2,1-2H3. The van der Waals surface area contributed by atoms with Gasteiger partial charge in [0.25, 0.3) is 0 Å². The van der Waals surface area contributed by atoms with E-state index in [2.05, 4.69) is 42.3 Å². The largest absolute Gasteiger partial charge is 0.363 e. The van der Waals surface area contributed by atoms with E-state index in [1.54, 1.807) is 11.3 Å². The fourth-order valence-corrected chi connectivity index (χ4v) is 2.99.